The maximum atomic E-state index is 12.5. The van der Waals surface area contributed by atoms with Crippen LogP contribution in [-0.4, -0.2) is 62.8 Å². The molecule has 1 aliphatic rings. The fourth-order valence-electron chi connectivity index (χ4n) is 3.06. The summed E-state index contributed by atoms with van der Waals surface area (Å²) in [6.07, 6.45) is 2.89. The van der Waals surface area contributed by atoms with Crippen LogP contribution in [0.3, 0.4) is 0 Å². The summed E-state index contributed by atoms with van der Waals surface area (Å²) in [5, 5.41) is 11.7. The number of nitrogens with one attached hydrogen (secondary N) is 1. The van der Waals surface area contributed by atoms with Gasteiger partial charge in [-0.25, -0.2) is 8.42 Å². The number of benzene rings is 1. The average Bonchev–Trinajstić information content (AvgIpc) is 2.63. The fraction of sp³-hybridized carbons (Fsp3) is 0.556. The number of hydrogen-bond donors (Lipinski definition) is 1. The number of sulfonamides is 1. The highest BCUT2D eigenvalue weighted by Crippen LogP contribution is 2.15. The summed E-state index contributed by atoms with van der Waals surface area (Å²) in [6.45, 7) is 4.91. The molecular formula is C18H26N4O3S. The number of carbonyl (C=O) groups is 1. The van der Waals surface area contributed by atoms with Crippen molar-refractivity contribution in [3.8, 4) is 6.07 Å². The molecule has 0 bridgehead atoms. The lowest BCUT2D eigenvalue weighted by molar-refractivity contribution is -0.122. The molecule has 1 aromatic rings. The van der Waals surface area contributed by atoms with Gasteiger partial charge in [0, 0.05) is 26.2 Å². The molecule has 1 fully saturated rings. The van der Waals surface area contributed by atoms with Crippen molar-refractivity contribution in [3.05, 3.63) is 29.8 Å². The van der Waals surface area contributed by atoms with Crippen LogP contribution in [0, 0.1) is 11.3 Å². The van der Waals surface area contributed by atoms with E-state index in [1.54, 1.807) is 0 Å². The van der Waals surface area contributed by atoms with E-state index >= 15 is 0 Å². The van der Waals surface area contributed by atoms with Crippen molar-refractivity contribution < 1.29 is 13.2 Å². The van der Waals surface area contributed by atoms with Crippen LogP contribution in [0.4, 0.5) is 0 Å². The number of nitriles is 1. The third kappa shape index (κ3) is 5.27. The van der Waals surface area contributed by atoms with E-state index in [1.165, 1.54) is 31.3 Å². The Balaban J connectivity index is 1.88. The monoisotopic (exact) mass is 378 g/mol. The number of carbonyl (C=O) groups excluding carboxylic acids is 1. The molecule has 26 heavy (non-hydrogen) atoms. The molecule has 1 N–H and O–H groups in total. The van der Waals surface area contributed by atoms with Crippen molar-refractivity contribution >= 4 is 15.9 Å². The van der Waals surface area contributed by atoms with Gasteiger partial charge in [-0.2, -0.15) is 9.57 Å². The first kappa shape index (κ1) is 20.4. The van der Waals surface area contributed by atoms with E-state index in [2.05, 4.69) is 17.1 Å². The average molecular weight is 378 g/mol. The van der Waals surface area contributed by atoms with Crippen molar-refractivity contribution in [1.82, 2.24) is 14.5 Å². The smallest absolute Gasteiger partial charge is 0.243 e. The van der Waals surface area contributed by atoms with Crippen molar-refractivity contribution in [2.24, 2.45) is 0 Å². The van der Waals surface area contributed by atoms with Gasteiger partial charge in [-0.15, -0.1) is 0 Å². The Morgan fingerprint density at radius 2 is 1.92 bits per heavy atom. The molecule has 1 saturated heterocycles. The molecule has 0 atom stereocenters. The van der Waals surface area contributed by atoms with Crippen LogP contribution in [0.25, 0.3) is 0 Å². The van der Waals surface area contributed by atoms with Crippen LogP contribution in [0.2, 0.25) is 0 Å². The molecule has 2 rings (SSSR count). The zero-order valence-electron chi connectivity index (χ0n) is 15.3. The molecule has 0 saturated carbocycles. The van der Waals surface area contributed by atoms with Crippen molar-refractivity contribution in [2.45, 2.75) is 37.1 Å². The predicted molar refractivity (Wildman–Crippen MR) is 98.9 cm³/mol. The van der Waals surface area contributed by atoms with Crippen LogP contribution in [-0.2, 0) is 14.8 Å². The number of rotatable bonds is 7. The largest absolute Gasteiger partial charge is 0.352 e. The molecule has 1 aliphatic heterocycles. The van der Waals surface area contributed by atoms with Crippen LogP contribution in [0.1, 0.15) is 31.7 Å². The topological polar surface area (TPSA) is 93.5 Å². The van der Waals surface area contributed by atoms with Crippen LogP contribution < -0.4 is 5.32 Å². The second kappa shape index (κ2) is 9.12. The zero-order chi connectivity index (χ0) is 19.2. The maximum absolute atomic E-state index is 12.5. The first-order valence-corrected chi connectivity index (χ1v) is 10.3. The second-order valence-corrected chi connectivity index (χ2v) is 8.63. The van der Waals surface area contributed by atoms with E-state index in [-0.39, 0.29) is 23.4 Å². The molecule has 1 aromatic carbocycles. The van der Waals surface area contributed by atoms with Gasteiger partial charge in [-0.1, -0.05) is 6.92 Å². The van der Waals surface area contributed by atoms with Gasteiger partial charge in [0.15, 0.2) is 0 Å². The Bertz CT molecular complexity index is 748. The van der Waals surface area contributed by atoms with Crippen LogP contribution >= 0.6 is 0 Å². The number of hydrogen-bond acceptors (Lipinski definition) is 5. The lowest BCUT2D eigenvalue weighted by Gasteiger charge is -2.32. The van der Waals surface area contributed by atoms with Gasteiger partial charge in [-0.3, -0.25) is 4.79 Å². The number of likely N-dealkylation sites (N-methyl/N-ethyl adjacent to an activating group) is 1. The Morgan fingerprint density at radius 1 is 1.31 bits per heavy atom. The summed E-state index contributed by atoms with van der Waals surface area (Å²) in [5.74, 6) is -0.293. The maximum Gasteiger partial charge on any atom is 0.243 e. The summed E-state index contributed by atoms with van der Waals surface area (Å²) >= 11 is 0. The second-order valence-electron chi connectivity index (χ2n) is 6.58. The standard InChI is InChI=1S/C18H26N4O3S/c1-3-10-22-11-8-16(9-12-22)20-18(23)14-21(2)26(24,25)17-6-4-15(13-19)5-7-17/h4-7,16H,3,8-12,14H2,1-2H3,(H,20,23). The van der Waals surface area contributed by atoms with Crippen LogP contribution in [0.5, 0.6) is 0 Å². The van der Waals surface area contributed by atoms with Crippen molar-refractivity contribution in [1.29, 1.82) is 5.26 Å². The molecular weight excluding hydrogens is 352 g/mol. The fourth-order valence-corrected chi connectivity index (χ4v) is 4.19. The minimum atomic E-state index is -3.76. The first-order valence-electron chi connectivity index (χ1n) is 8.85. The number of nitrogens with zero attached hydrogens (tertiary/aromatic N) is 3. The third-order valence-electron chi connectivity index (χ3n) is 4.55. The minimum Gasteiger partial charge on any atom is -0.352 e. The minimum absolute atomic E-state index is 0.0691. The highest BCUT2D eigenvalue weighted by atomic mass is 32.2. The first-order chi connectivity index (χ1) is 12.4. The number of amides is 1. The molecule has 0 aliphatic carbocycles. The molecule has 8 heteroatoms. The molecule has 142 valence electrons. The van der Waals surface area contributed by atoms with E-state index in [4.69, 9.17) is 5.26 Å². The molecule has 0 spiro atoms. The van der Waals surface area contributed by atoms with E-state index in [0.29, 0.717) is 5.56 Å². The van der Waals surface area contributed by atoms with Gasteiger partial charge in [0.25, 0.3) is 0 Å². The third-order valence-corrected chi connectivity index (χ3v) is 6.37. The summed E-state index contributed by atoms with van der Waals surface area (Å²) in [4.78, 5) is 14.7. The van der Waals surface area contributed by atoms with Gasteiger partial charge in [0.05, 0.1) is 23.1 Å². The Kier molecular flexibility index (Phi) is 7.14. The summed E-state index contributed by atoms with van der Waals surface area (Å²) < 4.78 is 26.1. The number of likely N-dealkylation sites (tertiary alicyclic amines) is 1. The van der Waals surface area contributed by atoms with Gasteiger partial charge >= 0.3 is 0 Å². The van der Waals surface area contributed by atoms with E-state index in [9.17, 15) is 13.2 Å². The zero-order valence-corrected chi connectivity index (χ0v) is 16.1. The Hall–Kier alpha value is -1.95. The number of piperidine rings is 1. The quantitative estimate of drug-likeness (QED) is 0.769. The van der Waals surface area contributed by atoms with Gasteiger partial charge in [-0.05, 0) is 50.1 Å². The molecule has 1 heterocycles. The summed E-state index contributed by atoms with van der Waals surface area (Å²) in [6, 6.07) is 7.71. The van der Waals surface area contributed by atoms with E-state index < -0.39 is 10.0 Å². The normalized spacial score (nSPS) is 16.4. The lowest BCUT2D eigenvalue weighted by atomic mass is 10.0. The SMILES string of the molecule is CCCN1CCC(NC(=O)CN(C)S(=O)(=O)c2ccc(C#N)cc2)CC1. The molecule has 0 aromatic heterocycles. The molecule has 0 radical (unpaired) electrons. The Labute approximate surface area is 155 Å². The van der Waals surface area contributed by atoms with Crippen molar-refractivity contribution in [2.75, 3.05) is 33.2 Å². The van der Waals surface area contributed by atoms with Gasteiger partial charge in [0.1, 0.15) is 0 Å². The van der Waals surface area contributed by atoms with Gasteiger partial charge in [0.2, 0.25) is 15.9 Å². The molecule has 1 amide bonds. The van der Waals surface area contributed by atoms with E-state index in [0.717, 1.165) is 43.2 Å². The van der Waals surface area contributed by atoms with Gasteiger partial charge < -0.3 is 10.2 Å². The molecule has 7 nitrogen and oxygen atoms in total. The predicted octanol–water partition coefficient (Wildman–Crippen LogP) is 1.17. The van der Waals surface area contributed by atoms with E-state index in [1.807, 2.05) is 6.07 Å². The Morgan fingerprint density at radius 3 is 2.46 bits per heavy atom. The molecule has 0 unspecified atom stereocenters. The highest BCUT2D eigenvalue weighted by Gasteiger charge is 2.25. The van der Waals surface area contributed by atoms with Crippen LogP contribution in [0.15, 0.2) is 29.2 Å². The highest BCUT2D eigenvalue weighted by molar-refractivity contribution is 7.89. The van der Waals surface area contributed by atoms with Crippen molar-refractivity contribution in [3.63, 3.8) is 0 Å². The summed E-state index contributed by atoms with van der Waals surface area (Å²) in [7, 11) is -2.38. The lowest BCUT2D eigenvalue weighted by Crippen LogP contribution is -2.47. The summed E-state index contributed by atoms with van der Waals surface area (Å²) in [5.41, 5.74) is 0.388.